The minimum atomic E-state index is -0.697. The molecule has 0 saturated heterocycles. The van der Waals surface area contributed by atoms with Gasteiger partial charge in [0.15, 0.2) is 0 Å². The number of nitrogens with zero attached hydrogens (tertiary/aromatic N) is 5. The zero-order valence-corrected chi connectivity index (χ0v) is 21.7. The van der Waals surface area contributed by atoms with Crippen molar-refractivity contribution in [3.05, 3.63) is 95.3 Å². The van der Waals surface area contributed by atoms with E-state index in [9.17, 15) is 9.59 Å². The van der Waals surface area contributed by atoms with Crippen LogP contribution in [0.25, 0.3) is 0 Å². The van der Waals surface area contributed by atoms with Crippen molar-refractivity contribution in [1.29, 1.82) is 0 Å². The lowest BCUT2D eigenvalue weighted by atomic mass is 10.0. The number of thioether (sulfide) groups is 1. The Morgan fingerprint density at radius 2 is 2.03 bits per heavy atom. The smallest absolute Gasteiger partial charge is 0.291 e. The van der Waals surface area contributed by atoms with E-state index in [4.69, 9.17) is 0 Å². The Morgan fingerprint density at radius 3 is 2.89 bits per heavy atom. The van der Waals surface area contributed by atoms with Crippen molar-refractivity contribution >= 4 is 35.0 Å². The molecule has 0 unspecified atom stereocenters. The maximum absolute atomic E-state index is 13.4. The van der Waals surface area contributed by atoms with Crippen molar-refractivity contribution in [2.45, 2.75) is 30.3 Å². The summed E-state index contributed by atoms with van der Waals surface area (Å²) in [5.41, 5.74) is 5.54. The Balaban J connectivity index is 1.14. The van der Waals surface area contributed by atoms with Crippen molar-refractivity contribution in [1.82, 2.24) is 25.5 Å². The number of hydrogen-bond donors (Lipinski definition) is 2. The lowest BCUT2D eigenvalue weighted by Gasteiger charge is -2.31. The summed E-state index contributed by atoms with van der Waals surface area (Å²) in [7, 11) is 1.76. The topological polar surface area (TPSA) is 107 Å². The van der Waals surface area contributed by atoms with Crippen molar-refractivity contribution in [3.8, 4) is 0 Å². The fourth-order valence-corrected chi connectivity index (χ4v) is 5.96. The molecule has 0 bridgehead atoms. The second kappa shape index (κ2) is 10.3. The molecule has 0 fully saturated rings. The van der Waals surface area contributed by atoms with E-state index in [0.717, 1.165) is 41.3 Å². The van der Waals surface area contributed by atoms with Crippen LogP contribution in [0.5, 0.6) is 0 Å². The zero-order chi connectivity index (χ0) is 26.1. The molecule has 0 radical (unpaired) electrons. The number of fused-ring (bicyclic) bond motifs is 2. The van der Waals surface area contributed by atoms with E-state index in [1.165, 1.54) is 11.1 Å². The molecular weight excluding hydrogens is 498 g/mol. The van der Waals surface area contributed by atoms with Gasteiger partial charge in [-0.05, 0) is 47.4 Å². The molecule has 38 heavy (non-hydrogen) atoms. The van der Waals surface area contributed by atoms with Crippen molar-refractivity contribution < 1.29 is 9.59 Å². The third-order valence-corrected chi connectivity index (χ3v) is 8.13. The molecular formula is C28H27N7O2S. The number of pyridine rings is 1. The number of anilines is 2. The Hall–Kier alpha value is -4.18. The number of benzene rings is 2. The highest BCUT2D eigenvalue weighted by Gasteiger charge is 2.31. The summed E-state index contributed by atoms with van der Waals surface area (Å²) in [6, 6.07) is 17.5. The Bertz CT molecular complexity index is 1490. The fourth-order valence-electron chi connectivity index (χ4n) is 4.88. The zero-order valence-electron chi connectivity index (χ0n) is 20.9. The molecule has 4 heterocycles. The molecule has 2 aromatic carbocycles. The van der Waals surface area contributed by atoms with Gasteiger partial charge in [-0.15, -0.1) is 16.9 Å². The van der Waals surface area contributed by atoms with Crippen LogP contribution in [0.4, 0.5) is 11.4 Å². The number of likely N-dealkylation sites (N-methyl/N-ethyl adjacent to an activating group) is 1. The summed E-state index contributed by atoms with van der Waals surface area (Å²) in [6.45, 7) is 1.69. The van der Waals surface area contributed by atoms with Gasteiger partial charge in [-0.25, -0.2) is 4.98 Å². The van der Waals surface area contributed by atoms with Gasteiger partial charge >= 0.3 is 0 Å². The first kappa shape index (κ1) is 24.2. The van der Waals surface area contributed by atoms with E-state index in [0.29, 0.717) is 18.0 Å². The van der Waals surface area contributed by atoms with E-state index >= 15 is 0 Å². The summed E-state index contributed by atoms with van der Waals surface area (Å²) in [6.07, 6.45) is 5.28. The van der Waals surface area contributed by atoms with Crippen LogP contribution in [-0.2, 0) is 24.2 Å². The molecule has 6 rings (SSSR count). The number of amides is 2. The molecule has 0 saturated carbocycles. The second-order valence-corrected chi connectivity index (χ2v) is 10.5. The summed E-state index contributed by atoms with van der Waals surface area (Å²) >= 11 is 1.56. The largest absolute Gasteiger partial charge is 0.367 e. The van der Waals surface area contributed by atoms with Gasteiger partial charge in [-0.2, -0.15) is 0 Å². The molecule has 192 valence electrons. The number of carbonyl (C=O) groups excluding carboxylic acids is 2. The van der Waals surface area contributed by atoms with Gasteiger partial charge < -0.3 is 15.1 Å². The normalized spacial score (nSPS) is 17.0. The van der Waals surface area contributed by atoms with Crippen LogP contribution in [0.15, 0.2) is 71.9 Å². The van der Waals surface area contributed by atoms with Crippen molar-refractivity contribution in [3.63, 3.8) is 0 Å². The Labute approximate surface area is 224 Å². The minimum Gasteiger partial charge on any atom is -0.367 e. The molecule has 2 aromatic heterocycles. The average molecular weight is 526 g/mol. The monoisotopic (exact) mass is 525 g/mol. The van der Waals surface area contributed by atoms with Gasteiger partial charge in [-0.1, -0.05) is 30.3 Å². The van der Waals surface area contributed by atoms with Gasteiger partial charge in [0.05, 0.1) is 5.69 Å². The first-order valence-electron chi connectivity index (χ1n) is 12.5. The van der Waals surface area contributed by atoms with Gasteiger partial charge in [0.1, 0.15) is 11.9 Å². The predicted molar refractivity (Wildman–Crippen MR) is 146 cm³/mol. The van der Waals surface area contributed by atoms with Gasteiger partial charge in [0.2, 0.25) is 11.7 Å². The van der Waals surface area contributed by atoms with E-state index < -0.39 is 11.9 Å². The predicted octanol–water partition coefficient (Wildman–Crippen LogP) is 3.22. The Kier molecular flexibility index (Phi) is 6.55. The van der Waals surface area contributed by atoms with Gasteiger partial charge in [0.25, 0.3) is 5.91 Å². The van der Waals surface area contributed by atoms with Crippen molar-refractivity contribution in [2.75, 3.05) is 29.1 Å². The SMILES string of the molecule is CN1C(=O)[C@@H](NC(=O)c2n[nH]c(Cc3ccccc3)n2)CSc2ccc(N3CCc4ccncc4C3)cc21. The van der Waals surface area contributed by atoms with E-state index in [1.807, 2.05) is 42.7 Å². The van der Waals surface area contributed by atoms with Gasteiger partial charge in [-0.3, -0.25) is 19.7 Å². The molecule has 0 spiro atoms. The molecule has 2 N–H and O–H groups in total. The maximum atomic E-state index is 13.4. The number of aromatic nitrogens is 4. The maximum Gasteiger partial charge on any atom is 0.291 e. The lowest BCUT2D eigenvalue weighted by molar-refractivity contribution is -0.119. The minimum absolute atomic E-state index is 0.0281. The molecule has 4 aromatic rings. The number of hydrogen-bond acceptors (Lipinski definition) is 7. The number of H-pyrrole nitrogens is 1. The average Bonchev–Trinajstić information content (AvgIpc) is 3.39. The van der Waals surface area contributed by atoms with Crippen LogP contribution in [0, 0.1) is 0 Å². The second-order valence-electron chi connectivity index (χ2n) is 9.47. The summed E-state index contributed by atoms with van der Waals surface area (Å²) in [4.78, 5) is 39.9. The summed E-state index contributed by atoms with van der Waals surface area (Å²) < 4.78 is 0. The van der Waals surface area contributed by atoms with Crippen LogP contribution >= 0.6 is 11.8 Å². The highest BCUT2D eigenvalue weighted by Crippen LogP contribution is 2.37. The molecule has 0 aliphatic carbocycles. The van der Waals surface area contributed by atoms with Crippen LogP contribution in [0.2, 0.25) is 0 Å². The van der Waals surface area contributed by atoms with Crippen molar-refractivity contribution in [2.24, 2.45) is 0 Å². The highest BCUT2D eigenvalue weighted by atomic mass is 32.2. The van der Waals surface area contributed by atoms with Crippen LogP contribution in [0.3, 0.4) is 0 Å². The number of nitrogens with one attached hydrogen (secondary N) is 2. The lowest BCUT2D eigenvalue weighted by Crippen LogP contribution is -2.48. The number of aromatic amines is 1. The molecule has 1 atom stereocenters. The Morgan fingerprint density at radius 1 is 1.16 bits per heavy atom. The van der Waals surface area contributed by atoms with Crippen LogP contribution in [-0.4, -0.2) is 57.4 Å². The molecule has 9 nitrogen and oxygen atoms in total. The number of rotatable bonds is 5. The van der Waals surface area contributed by atoms with Crippen LogP contribution < -0.4 is 15.1 Å². The third-order valence-electron chi connectivity index (χ3n) is 6.97. The summed E-state index contributed by atoms with van der Waals surface area (Å²) in [5.74, 6) is 0.400. The quantitative estimate of drug-likeness (QED) is 0.412. The molecule has 10 heteroatoms. The van der Waals surface area contributed by atoms with Gasteiger partial charge in [0, 0.05) is 55.3 Å². The third kappa shape index (κ3) is 4.87. The first-order valence-corrected chi connectivity index (χ1v) is 13.5. The van der Waals surface area contributed by atoms with E-state index in [2.05, 4.69) is 54.6 Å². The standard InChI is InChI=1S/C28H27N7O2S/c1-34-23-14-21(35-12-10-19-9-11-29-15-20(19)16-35)7-8-24(23)38-17-22(28(34)37)30-27(36)26-31-25(32-33-26)13-18-5-3-2-4-6-18/h2-9,11,14-15,22H,10,12-13,16-17H2,1H3,(H,30,36)(H,31,32,33)/t22-/m0/s1. The van der Waals surface area contributed by atoms with E-state index in [-0.39, 0.29) is 11.7 Å². The number of carbonyl (C=O) groups is 2. The van der Waals surface area contributed by atoms with E-state index in [1.54, 1.807) is 23.7 Å². The van der Waals surface area contributed by atoms with Crippen LogP contribution in [0.1, 0.15) is 33.1 Å². The first-order chi connectivity index (χ1) is 18.5. The molecule has 2 aliphatic heterocycles. The molecule has 2 amide bonds. The highest BCUT2D eigenvalue weighted by molar-refractivity contribution is 7.99. The fraction of sp³-hybridized carbons (Fsp3) is 0.250. The molecule has 2 aliphatic rings. The summed E-state index contributed by atoms with van der Waals surface area (Å²) in [5, 5.41) is 9.75.